The lowest BCUT2D eigenvalue weighted by Gasteiger charge is -2.30. The Labute approximate surface area is 174 Å². The highest BCUT2D eigenvalue weighted by molar-refractivity contribution is 14.0. The van der Waals surface area contributed by atoms with Crippen LogP contribution < -0.4 is 5.32 Å². The number of hydrogen-bond donors (Lipinski definition) is 1. The van der Waals surface area contributed by atoms with Crippen LogP contribution in [0.2, 0.25) is 0 Å². The SMILES string of the molecule is CN=C(NCC(=O)N(C)CC(F)(F)F)N1CC=C(c2ccccc2)CC1.I. The van der Waals surface area contributed by atoms with E-state index < -0.39 is 18.6 Å². The molecule has 27 heavy (non-hydrogen) atoms. The minimum atomic E-state index is -4.41. The first-order valence-electron chi connectivity index (χ1n) is 8.31. The summed E-state index contributed by atoms with van der Waals surface area (Å²) in [6, 6.07) is 10.1. The second-order valence-electron chi connectivity index (χ2n) is 6.06. The summed E-state index contributed by atoms with van der Waals surface area (Å²) in [5.74, 6) is -0.136. The quantitative estimate of drug-likeness (QED) is 0.396. The maximum atomic E-state index is 12.3. The van der Waals surface area contributed by atoms with Crippen molar-refractivity contribution in [2.24, 2.45) is 4.99 Å². The fourth-order valence-electron chi connectivity index (χ4n) is 2.75. The van der Waals surface area contributed by atoms with Gasteiger partial charge in [-0.05, 0) is 17.6 Å². The second kappa shape index (κ2) is 10.5. The van der Waals surface area contributed by atoms with Gasteiger partial charge in [0.2, 0.25) is 5.91 Å². The van der Waals surface area contributed by atoms with Crippen LogP contribution in [0.15, 0.2) is 41.4 Å². The molecule has 1 amide bonds. The molecule has 0 aliphatic carbocycles. The fraction of sp³-hybridized carbons (Fsp3) is 0.444. The molecule has 1 aliphatic rings. The van der Waals surface area contributed by atoms with Crippen LogP contribution in [0.25, 0.3) is 5.57 Å². The van der Waals surface area contributed by atoms with Gasteiger partial charge in [-0.3, -0.25) is 9.79 Å². The third-order valence-corrected chi connectivity index (χ3v) is 4.10. The summed E-state index contributed by atoms with van der Waals surface area (Å²) >= 11 is 0. The third-order valence-electron chi connectivity index (χ3n) is 4.10. The molecule has 0 saturated heterocycles. The Bertz CT molecular complexity index is 677. The number of carbonyl (C=O) groups excluding carboxylic acids is 1. The minimum absolute atomic E-state index is 0. The fourth-order valence-corrected chi connectivity index (χ4v) is 2.75. The molecule has 1 heterocycles. The molecule has 0 bridgehead atoms. The summed E-state index contributed by atoms with van der Waals surface area (Å²) in [5, 5.41) is 2.85. The highest BCUT2D eigenvalue weighted by Crippen LogP contribution is 2.22. The first-order valence-corrected chi connectivity index (χ1v) is 8.31. The van der Waals surface area contributed by atoms with E-state index in [1.807, 2.05) is 23.1 Å². The van der Waals surface area contributed by atoms with E-state index >= 15 is 0 Å². The largest absolute Gasteiger partial charge is 0.406 e. The van der Waals surface area contributed by atoms with Gasteiger partial charge in [-0.25, -0.2) is 0 Å². The highest BCUT2D eigenvalue weighted by atomic mass is 127. The maximum Gasteiger partial charge on any atom is 0.406 e. The number of alkyl halides is 3. The van der Waals surface area contributed by atoms with Crippen molar-refractivity contribution < 1.29 is 18.0 Å². The Morgan fingerprint density at radius 2 is 1.96 bits per heavy atom. The lowest BCUT2D eigenvalue weighted by molar-refractivity contribution is -0.157. The van der Waals surface area contributed by atoms with E-state index in [0.717, 1.165) is 13.5 Å². The Balaban J connectivity index is 0.00000364. The van der Waals surface area contributed by atoms with Gasteiger partial charge in [-0.2, -0.15) is 13.2 Å². The van der Waals surface area contributed by atoms with E-state index in [4.69, 9.17) is 0 Å². The number of amides is 1. The van der Waals surface area contributed by atoms with Gasteiger partial charge in [0.15, 0.2) is 5.96 Å². The summed E-state index contributed by atoms with van der Waals surface area (Å²) < 4.78 is 37.0. The van der Waals surface area contributed by atoms with Crippen LogP contribution in [0.1, 0.15) is 12.0 Å². The van der Waals surface area contributed by atoms with Crippen molar-refractivity contribution in [2.45, 2.75) is 12.6 Å². The molecule has 0 atom stereocenters. The Hall–Kier alpha value is -1.78. The van der Waals surface area contributed by atoms with Gasteiger partial charge < -0.3 is 15.1 Å². The van der Waals surface area contributed by atoms with E-state index in [1.165, 1.54) is 11.1 Å². The zero-order valence-electron chi connectivity index (χ0n) is 15.3. The molecule has 0 unspecified atom stereocenters. The molecule has 150 valence electrons. The van der Waals surface area contributed by atoms with Crippen molar-refractivity contribution in [2.75, 3.05) is 40.3 Å². The van der Waals surface area contributed by atoms with Crippen molar-refractivity contribution in [1.82, 2.24) is 15.1 Å². The van der Waals surface area contributed by atoms with Gasteiger partial charge in [0.05, 0.1) is 6.54 Å². The minimum Gasteiger partial charge on any atom is -0.347 e. The van der Waals surface area contributed by atoms with E-state index in [2.05, 4.69) is 28.5 Å². The van der Waals surface area contributed by atoms with E-state index in [0.29, 0.717) is 23.9 Å². The molecule has 0 aromatic heterocycles. The number of nitrogens with zero attached hydrogens (tertiary/aromatic N) is 3. The first-order chi connectivity index (χ1) is 12.3. The molecule has 9 heteroatoms. The van der Waals surface area contributed by atoms with Crippen molar-refractivity contribution in [3.8, 4) is 0 Å². The van der Waals surface area contributed by atoms with Crippen LogP contribution in [0.3, 0.4) is 0 Å². The zero-order chi connectivity index (χ0) is 19.2. The molecule has 1 N–H and O–H groups in total. The topological polar surface area (TPSA) is 47.9 Å². The second-order valence-corrected chi connectivity index (χ2v) is 6.06. The van der Waals surface area contributed by atoms with Gasteiger partial charge in [0.25, 0.3) is 0 Å². The number of hydrogen-bond acceptors (Lipinski definition) is 2. The van der Waals surface area contributed by atoms with Crippen LogP contribution in [-0.2, 0) is 4.79 Å². The van der Waals surface area contributed by atoms with E-state index in [-0.39, 0.29) is 30.5 Å². The summed E-state index contributed by atoms with van der Waals surface area (Å²) in [6.07, 6.45) is -1.48. The molecular formula is C18H24F3IN4O. The Morgan fingerprint density at radius 3 is 2.48 bits per heavy atom. The summed E-state index contributed by atoms with van der Waals surface area (Å²) in [5.41, 5.74) is 2.43. The highest BCUT2D eigenvalue weighted by Gasteiger charge is 2.31. The first kappa shape index (κ1) is 23.3. The number of likely N-dealkylation sites (N-methyl/N-ethyl adjacent to an activating group) is 1. The average molecular weight is 496 g/mol. The number of aliphatic imine (C=N–C) groups is 1. The molecule has 5 nitrogen and oxygen atoms in total. The number of guanidine groups is 1. The monoisotopic (exact) mass is 496 g/mol. The standard InChI is InChI=1S/C18H23F3N4O.HI/c1-22-17(23-12-16(26)24(2)13-18(19,20)21)25-10-8-15(9-11-25)14-6-4-3-5-7-14;/h3-8H,9-13H2,1-2H3,(H,22,23);1H. The van der Waals surface area contributed by atoms with Gasteiger partial charge in [-0.1, -0.05) is 36.4 Å². The van der Waals surface area contributed by atoms with Gasteiger partial charge in [0.1, 0.15) is 6.54 Å². The van der Waals surface area contributed by atoms with Crippen LogP contribution in [0.5, 0.6) is 0 Å². The predicted molar refractivity (Wildman–Crippen MR) is 111 cm³/mol. The lowest BCUT2D eigenvalue weighted by Crippen LogP contribution is -2.48. The van der Waals surface area contributed by atoms with E-state index in [1.54, 1.807) is 7.05 Å². The molecule has 1 aliphatic heterocycles. The predicted octanol–water partition coefficient (Wildman–Crippen LogP) is 2.99. The molecule has 0 radical (unpaired) electrons. The van der Waals surface area contributed by atoms with Crippen molar-refractivity contribution in [1.29, 1.82) is 0 Å². The van der Waals surface area contributed by atoms with Crippen molar-refractivity contribution in [3.63, 3.8) is 0 Å². The molecular weight excluding hydrogens is 472 g/mol. The van der Waals surface area contributed by atoms with Crippen molar-refractivity contribution in [3.05, 3.63) is 42.0 Å². The zero-order valence-corrected chi connectivity index (χ0v) is 17.6. The molecule has 0 fully saturated rings. The van der Waals surface area contributed by atoms with Crippen LogP contribution in [0.4, 0.5) is 13.2 Å². The normalized spacial score (nSPS) is 14.9. The smallest absolute Gasteiger partial charge is 0.347 e. The maximum absolute atomic E-state index is 12.3. The average Bonchev–Trinajstić information content (AvgIpc) is 2.62. The van der Waals surface area contributed by atoms with Crippen LogP contribution in [0, 0.1) is 0 Å². The molecule has 0 spiro atoms. The number of nitrogens with one attached hydrogen (secondary N) is 1. The summed E-state index contributed by atoms with van der Waals surface area (Å²) in [6.45, 7) is -0.159. The van der Waals surface area contributed by atoms with Gasteiger partial charge >= 0.3 is 6.18 Å². The van der Waals surface area contributed by atoms with Crippen LogP contribution >= 0.6 is 24.0 Å². The molecule has 2 rings (SSSR count). The molecule has 1 aromatic carbocycles. The van der Waals surface area contributed by atoms with Crippen LogP contribution in [-0.4, -0.2) is 68.1 Å². The molecule has 1 aromatic rings. The lowest BCUT2D eigenvalue weighted by atomic mass is 10.00. The number of rotatable bonds is 4. The molecule has 0 saturated carbocycles. The van der Waals surface area contributed by atoms with Gasteiger partial charge in [-0.15, -0.1) is 24.0 Å². The number of halogens is 4. The van der Waals surface area contributed by atoms with E-state index in [9.17, 15) is 18.0 Å². The number of benzene rings is 1. The van der Waals surface area contributed by atoms with Gasteiger partial charge in [0, 0.05) is 27.2 Å². The number of carbonyl (C=O) groups is 1. The Morgan fingerprint density at radius 1 is 1.30 bits per heavy atom. The third kappa shape index (κ3) is 7.39. The summed E-state index contributed by atoms with van der Waals surface area (Å²) in [7, 11) is 2.72. The van der Waals surface area contributed by atoms with Crippen molar-refractivity contribution >= 4 is 41.4 Å². The summed E-state index contributed by atoms with van der Waals surface area (Å²) in [4.78, 5) is 18.6. The Kier molecular flexibility index (Phi) is 9.07.